The molecule has 156 valence electrons. The molecule has 0 unspecified atom stereocenters. The number of aliphatic hydroxyl groups is 1. The summed E-state index contributed by atoms with van der Waals surface area (Å²) in [6.45, 7) is -0.225. The van der Waals surface area contributed by atoms with Crippen LogP contribution in [0.2, 0.25) is 5.02 Å². The predicted molar refractivity (Wildman–Crippen MR) is 114 cm³/mol. The van der Waals surface area contributed by atoms with Crippen molar-refractivity contribution < 1.29 is 23.7 Å². The minimum Gasteiger partial charge on any atom is -0.459 e. The van der Waals surface area contributed by atoms with Crippen LogP contribution in [0.1, 0.15) is 16.3 Å². The summed E-state index contributed by atoms with van der Waals surface area (Å²) in [6, 6.07) is 17.3. The van der Waals surface area contributed by atoms with Gasteiger partial charge < -0.3 is 19.3 Å². The number of halogens is 1. The highest BCUT2D eigenvalue weighted by Gasteiger charge is 2.20. The van der Waals surface area contributed by atoms with E-state index in [9.17, 15) is 14.9 Å². The Morgan fingerprint density at radius 3 is 2.55 bits per heavy atom. The van der Waals surface area contributed by atoms with Crippen molar-refractivity contribution in [2.24, 2.45) is 0 Å². The first kappa shape index (κ1) is 20.4. The van der Waals surface area contributed by atoms with E-state index < -0.39 is 10.8 Å². The number of furan rings is 2. The molecule has 1 amide bonds. The second-order valence-corrected chi connectivity index (χ2v) is 6.92. The van der Waals surface area contributed by atoms with Crippen LogP contribution in [0.5, 0.6) is 0 Å². The standard InChI is InChI=1S/C22H15ClN2O6/c23-16-7-5-13(19-8-6-14(12-26)30-19)11-17(16)24-22(27)21-10-9-20(31-21)15-3-1-2-4-18(15)25(28)29/h1-11,26H,12H2,(H,24,27). The first-order chi connectivity index (χ1) is 15.0. The summed E-state index contributed by atoms with van der Waals surface area (Å²) in [5.41, 5.74) is 1.12. The molecule has 0 aliphatic rings. The number of hydrogen-bond acceptors (Lipinski definition) is 6. The van der Waals surface area contributed by atoms with Crippen molar-refractivity contribution in [2.75, 3.05) is 5.32 Å². The molecule has 0 fully saturated rings. The molecule has 4 rings (SSSR count). The van der Waals surface area contributed by atoms with Gasteiger partial charge in [0.1, 0.15) is 23.9 Å². The largest absolute Gasteiger partial charge is 0.459 e. The zero-order valence-corrected chi connectivity index (χ0v) is 16.6. The number of benzene rings is 2. The van der Waals surface area contributed by atoms with Gasteiger partial charge in [0, 0.05) is 11.6 Å². The number of nitrogens with zero attached hydrogens (tertiary/aromatic N) is 1. The van der Waals surface area contributed by atoms with E-state index in [4.69, 9.17) is 25.5 Å². The molecule has 2 aromatic heterocycles. The van der Waals surface area contributed by atoms with Crippen LogP contribution in [0, 0.1) is 10.1 Å². The van der Waals surface area contributed by atoms with Crippen molar-refractivity contribution in [3.63, 3.8) is 0 Å². The summed E-state index contributed by atoms with van der Waals surface area (Å²) < 4.78 is 11.1. The van der Waals surface area contributed by atoms with Gasteiger partial charge in [-0.25, -0.2) is 0 Å². The number of anilines is 1. The number of nitro groups is 1. The average Bonchev–Trinajstić information content (AvgIpc) is 3.45. The summed E-state index contributed by atoms with van der Waals surface area (Å²) in [5, 5.41) is 23.4. The summed E-state index contributed by atoms with van der Waals surface area (Å²) in [6.07, 6.45) is 0. The van der Waals surface area contributed by atoms with Crippen LogP contribution < -0.4 is 5.32 Å². The molecule has 0 aliphatic heterocycles. The number of para-hydroxylation sites is 1. The van der Waals surface area contributed by atoms with Crippen LogP contribution in [0.4, 0.5) is 11.4 Å². The fourth-order valence-electron chi connectivity index (χ4n) is 3.02. The predicted octanol–water partition coefficient (Wildman–Crippen LogP) is 5.51. The third-order valence-corrected chi connectivity index (χ3v) is 4.84. The molecule has 9 heteroatoms. The van der Waals surface area contributed by atoms with Gasteiger partial charge in [0.25, 0.3) is 11.6 Å². The van der Waals surface area contributed by atoms with E-state index in [-0.39, 0.29) is 29.4 Å². The third-order valence-electron chi connectivity index (χ3n) is 4.51. The van der Waals surface area contributed by atoms with E-state index in [1.54, 1.807) is 48.5 Å². The van der Waals surface area contributed by atoms with E-state index in [2.05, 4.69) is 5.32 Å². The molecule has 0 spiro atoms. The second-order valence-electron chi connectivity index (χ2n) is 6.51. The lowest BCUT2D eigenvalue weighted by molar-refractivity contribution is -0.384. The molecule has 4 aromatic rings. The molecular weight excluding hydrogens is 424 g/mol. The Hall–Kier alpha value is -3.88. The minimum atomic E-state index is -0.570. The van der Waals surface area contributed by atoms with Gasteiger partial charge in [-0.2, -0.15) is 0 Å². The normalized spacial score (nSPS) is 10.8. The Morgan fingerprint density at radius 2 is 1.81 bits per heavy atom. The Bertz CT molecular complexity index is 1280. The third kappa shape index (κ3) is 4.20. The lowest BCUT2D eigenvalue weighted by atomic mass is 10.1. The van der Waals surface area contributed by atoms with Crippen molar-refractivity contribution in [3.05, 3.63) is 93.4 Å². The lowest BCUT2D eigenvalue weighted by Gasteiger charge is -2.08. The highest BCUT2D eigenvalue weighted by atomic mass is 35.5. The van der Waals surface area contributed by atoms with E-state index in [1.165, 1.54) is 18.2 Å². The first-order valence-corrected chi connectivity index (χ1v) is 9.48. The summed E-state index contributed by atoms with van der Waals surface area (Å²) in [5.74, 6) is 0.514. The van der Waals surface area contributed by atoms with Crippen LogP contribution in [0.25, 0.3) is 22.6 Å². The number of nitrogens with one attached hydrogen (secondary N) is 1. The SMILES string of the molecule is O=C(Nc1cc(-c2ccc(CO)o2)ccc1Cl)c1ccc(-c2ccccc2[N+](=O)[O-])o1. The molecule has 0 atom stereocenters. The number of hydrogen-bond donors (Lipinski definition) is 2. The lowest BCUT2D eigenvalue weighted by Crippen LogP contribution is -2.11. The monoisotopic (exact) mass is 438 g/mol. The average molecular weight is 439 g/mol. The number of aliphatic hydroxyl groups excluding tert-OH is 1. The summed E-state index contributed by atoms with van der Waals surface area (Å²) >= 11 is 6.21. The maximum atomic E-state index is 12.7. The molecule has 0 aliphatic carbocycles. The maximum Gasteiger partial charge on any atom is 0.291 e. The molecule has 0 bridgehead atoms. The molecule has 2 N–H and O–H groups in total. The van der Waals surface area contributed by atoms with Crippen molar-refractivity contribution in [1.82, 2.24) is 0 Å². The Labute approximate surface area is 180 Å². The van der Waals surface area contributed by atoms with Crippen molar-refractivity contribution in [1.29, 1.82) is 0 Å². The Balaban J connectivity index is 1.58. The fourth-order valence-corrected chi connectivity index (χ4v) is 3.19. The quantitative estimate of drug-likeness (QED) is 0.302. The zero-order chi connectivity index (χ0) is 22.0. The van der Waals surface area contributed by atoms with Crippen LogP contribution in [0.3, 0.4) is 0 Å². The van der Waals surface area contributed by atoms with E-state index in [1.807, 2.05) is 0 Å². The Morgan fingerprint density at radius 1 is 1.03 bits per heavy atom. The van der Waals surface area contributed by atoms with Crippen molar-refractivity contribution >= 4 is 28.9 Å². The van der Waals surface area contributed by atoms with Crippen molar-refractivity contribution in [3.8, 4) is 22.6 Å². The number of amides is 1. The van der Waals surface area contributed by atoms with Gasteiger partial charge in [-0.3, -0.25) is 14.9 Å². The topological polar surface area (TPSA) is 119 Å². The van der Waals surface area contributed by atoms with E-state index in [0.717, 1.165) is 0 Å². The van der Waals surface area contributed by atoms with Gasteiger partial charge in [-0.1, -0.05) is 23.7 Å². The molecule has 31 heavy (non-hydrogen) atoms. The molecule has 8 nitrogen and oxygen atoms in total. The van der Waals surface area contributed by atoms with Gasteiger partial charge in [0.2, 0.25) is 0 Å². The minimum absolute atomic E-state index is 0.0322. The van der Waals surface area contributed by atoms with Gasteiger partial charge in [0.15, 0.2) is 5.76 Å². The molecule has 2 aromatic carbocycles. The number of rotatable bonds is 6. The molecular formula is C22H15ClN2O6. The zero-order valence-electron chi connectivity index (χ0n) is 15.9. The van der Waals surface area contributed by atoms with Crippen LogP contribution in [-0.4, -0.2) is 15.9 Å². The van der Waals surface area contributed by atoms with E-state index in [0.29, 0.717) is 27.8 Å². The first-order valence-electron chi connectivity index (χ1n) is 9.10. The van der Waals surface area contributed by atoms with Crippen LogP contribution in [-0.2, 0) is 6.61 Å². The summed E-state index contributed by atoms with van der Waals surface area (Å²) in [7, 11) is 0. The van der Waals surface area contributed by atoms with Gasteiger partial charge in [0.05, 0.1) is 21.2 Å². The number of nitro benzene ring substituents is 1. The molecule has 0 radical (unpaired) electrons. The summed E-state index contributed by atoms with van der Waals surface area (Å²) in [4.78, 5) is 23.4. The van der Waals surface area contributed by atoms with Gasteiger partial charge >= 0.3 is 0 Å². The fraction of sp³-hybridized carbons (Fsp3) is 0.0455. The van der Waals surface area contributed by atoms with Crippen molar-refractivity contribution in [2.45, 2.75) is 6.61 Å². The number of carbonyl (C=O) groups excluding carboxylic acids is 1. The number of carbonyl (C=O) groups is 1. The Kier molecular flexibility index (Phi) is 5.57. The van der Waals surface area contributed by atoms with Crippen LogP contribution >= 0.6 is 11.6 Å². The van der Waals surface area contributed by atoms with Gasteiger partial charge in [-0.15, -0.1) is 0 Å². The van der Waals surface area contributed by atoms with E-state index >= 15 is 0 Å². The molecule has 0 saturated heterocycles. The highest BCUT2D eigenvalue weighted by Crippen LogP contribution is 2.33. The van der Waals surface area contributed by atoms with Crippen LogP contribution in [0.15, 0.2) is 75.6 Å². The smallest absolute Gasteiger partial charge is 0.291 e. The highest BCUT2D eigenvalue weighted by molar-refractivity contribution is 6.34. The maximum absolute atomic E-state index is 12.7. The second kappa shape index (κ2) is 8.47. The van der Waals surface area contributed by atoms with Gasteiger partial charge in [-0.05, 0) is 48.5 Å². The molecule has 2 heterocycles. The molecule has 0 saturated carbocycles.